The minimum absolute atomic E-state index is 0.00916. The van der Waals surface area contributed by atoms with Crippen molar-refractivity contribution in [1.29, 1.82) is 5.26 Å². The molecule has 1 aromatic carbocycles. The summed E-state index contributed by atoms with van der Waals surface area (Å²) in [5.41, 5.74) is 2.24. The molecule has 2 aromatic rings. The summed E-state index contributed by atoms with van der Waals surface area (Å²) < 4.78 is 42.6. The second kappa shape index (κ2) is 7.66. The molecule has 0 spiro atoms. The van der Waals surface area contributed by atoms with E-state index in [4.69, 9.17) is 21.6 Å². The van der Waals surface area contributed by atoms with Crippen molar-refractivity contribution >= 4 is 23.6 Å². The van der Waals surface area contributed by atoms with Gasteiger partial charge in [-0.3, -0.25) is 5.43 Å². The van der Waals surface area contributed by atoms with Crippen molar-refractivity contribution in [2.45, 2.75) is 6.18 Å². The Balaban J connectivity index is 2.00. The summed E-state index contributed by atoms with van der Waals surface area (Å²) in [5, 5.41) is 12.1. The number of nitrogens with zero attached hydrogens (tertiary/aromatic N) is 3. The Hall–Kier alpha value is -2.79. The Morgan fingerprint density at radius 2 is 2.04 bits per heavy atom. The number of aromatic nitrogens is 1. The van der Waals surface area contributed by atoms with Gasteiger partial charge in [-0.05, 0) is 35.9 Å². The zero-order chi connectivity index (χ0) is 17.6. The van der Waals surface area contributed by atoms with E-state index in [-0.39, 0.29) is 17.4 Å². The van der Waals surface area contributed by atoms with E-state index in [9.17, 15) is 13.2 Å². The Bertz CT molecular complexity index is 770. The van der Waals surface area contributed by atoms with Crippen molar-refractivity contribution in [2.24, 2.45) is 5.10 Å². The van der Waals surface area contributed by atoms with Gasteiger partial charge >= 0.3 is 6.18 Å². The third-order valence-corrected chi connectivity index (χ3v) is 3.02. The van der Waals surface area contributed by atoms with Crippen LogP contribution in [0.3, 0.4) is 0 Å². The van der Waals surface area contributed by atoms with Crippen molar-refractivity contribution in [1.82, 2.24) is 4.98 Å². The van der Waals surface area contributed by atoms with Gasteiger partial charge in [-0.2, -0.15) is 23.5 Å². The minimum Gasteiger partial charge on any atom is -0.479 e. The number of benzene rings is 1. The van der Waals surface area contributed by atoms with Gasteiger partial charge in [0.05, 0.1) is 16.8 Å². The lowest BCUT2D eigenvalue weighted by molar-refractivity contribution is -0.137. The first-order valence-corrected chi connectivity index (χ1v) is 6.89. The van der Waals surface area contributed by atoms with Gasteiger partial charge in [-0.15, -0.1) is 0 Å². The predicted octanol–water partition coefficient (Wildman–Crippen LogP) is 4.10. The second-order valence-corrected chi connectivity index (χ2v) is 4.85. The molecule has 0 fully saturated rings. The summed E-state index contributed by atoms with van der Waals surface area (Å²) in [7, 11) is 0. The number of nitrogens with one attached hydrogen (secondary N) is 1. The summed E-state index contributed by atoms with van der Waals surface area (Å²) in [6.07, 6.45) is -2.40. The zero-order valence-electron chi connectivity index (χ0n) is 12.0. The molecule has 124 valence electrons. The Morgan fingerprint density at radius 1 is 1.33 bits per heavy atom. The number of nitriles is 1. The topological polar surface area (TPSA) is 70.3 Å². The van der Waals surface area contributed by atoms with Crippen molar-refractivity contribution in [3.05, 3.63) is 52.7 Å². The molecule has 0 aliphatic heterocycles. The maximum Gasteiger partial charge on any atom is 0.417 e. The van der Waals surface area contributed by atoms with Crippen LogP contribution in [-0.4, -0.2) is 17.8 Å². The van der Waals surface area contributed by atoms with Gasteiger partial charge in [0.2, 0.25) is 0 Å². The fourth-order valence-electron chi connectivity index (χ4n) is 1.61. The average Bonchev–Trinajstić information content (AvgIpc) is 2.54. The van der Waals surface area contributed by atoms with Gasteiger partial charge < -0.3 is 4.74 Å². The molecular weight excluding hydrogens is 345 g/mol. The number of hydrogen-bond donors (Lipinski definition) is 1. The molecule has 1 heterocycles. The number of ether oxygens (including phenoxy) is 1. The Labute approximate surface area is 140 Å². The monoisotopic (exact) mass is 354 g/mol. The van der Waals surface area contributed by atoms with Crippen LogP contribution in [0.4, 0.5) is 19.0 Å². The molecule has 0 radical (unpaired) electrons. The normalized spacial score (nSPS) is 11.3. The van der Waals surface area contributed by atoms with Gasteiger partial charge in [0, 0.05) is 6.20 Å². The standard InChI is InChI=1S/C15H10ClF3N4O/c16-13-7-11(15(17,18)19)9-21-14(13)23-22-8-10-1-3-12(4-2-10)24-6-5-20/h1-4,7-9H,6H2,(H,21,23)/b22-8-. The maximum atomic E-state index is 12.5. The highest BCUT2D eigenvalue weighted by Crippen LogP contribution is 2.32. The Morgan fingerprint density at radius 3 is 2.62 bits per heavy atom. The smallest absolute Gasteiger partial charge is 0.417 e. The summed E-state index contributed by atoms with van der Waals surface area (Å²) in [4.78, 5) is 3.60. The fraction of sp³-hybridized carbons (Fsp3) is 0.133. The molecule has 0 saturated carbocycles. The number of alkyl halides is 3. The van der Waals surface area contributed by atoms with Crippen LogP contribution in [0.2, 0.25) is 5.02 Å². The van der Waals surface area contributed by atoms with Crippen molar-refractivity contribution in [2.75, 3.05) is 12.0 Å². The van der Waals surface area contributed by atoms with Crippen LogP contribution in [0.25, 0.3) is 0 Å². The zero-order valence-corrected chi connectivity index (χ0v) is 12.8. The van der Waals surface area contributed by atoms with E-state index in [1.807, 2.05) is 6.07 Å². The average molecular weight is 355 g/mol. The van der Waals surface area contributed by atoms with Crippen molar-refractivity contribution in [3.8, 4) is 11.8 Å². The van der Waals surface area contributed by atoms with E-state index in [1.165, 1.54) is 6.21 Å². The van der Waals surface area contributed by atoms with Gasteiger partial charge in [0.25, 0.3) is 0 Å². The SMILES string of the molecule is N#CCOc1ccc(/C=N\Nc2ncc(C(F)(F)F)cc2Cl)cc1. The number of anilines is 1. The van der Waals surface area contributed by atoms with E-state index < -0.39 is 11.7 Å². The van der Waals surface area contributed by atoms with E-state index >= 15 is 0 Å². The summed E-state index contributed by atoms with van der Waals surface area (Å²) in [5.74, 6) is 0.545. The summed E-state index contributed by atoms with van der Waals surface area (Å²) in [6, 6.07) is 9.32. The molecule has 0 bridgehead atoms. The van der Waals surface area contributed by atoms with Crippen LogP contribution in [0.5, 0.6) is 5.75 Å². The Kier molecular flexibility index (Phi) is 5.60. The molecule has 2 rings (SSSR count). The lowest BCUT2D eigenvalue weighted by atomic mass is 10.2. The van der Waals surface area contributed by atoms with Crippen LogP contribution in [0.1, 0.15) is 11.1 Å². The van der Waals surface area contributed by atoms with Crippen LogP contribution in [0, 0.1) is 11.3 Å². The second-order valence-electron chi connectivity index (χ2n) is 4.44. The molecular formula is C15H10ClF3N4O. The van der Waals surface area contributed by atoms with Crippen LogP contribution < -0.4 is 10.2 Å². The van der Waals surface area contributed by atoms with Crippen molar-refractivity contribution in [3.63, 3.8) is 0 Å². The summed E-state index contributed by atoms with van der Waals surface area (Å²) >= 11 is 5.74. The molecule has 24 heavy (non-hydrogen) atoms. The third-order valence-electron chi connectivity index (χ3n) is 2.74. The molecule has 1 N–H and O–H groups in total. The van der Waals surface area contributed by atoms with Crippen molar-refractivity contribution < 1.29 is 17.9 Å². The molecule has 9 heteroatoms. The van der Waals surface area contributed by atoms with E-state index in [2.05, 4.69) is 15.5 Å². The largest absolute Gasteiger partial charge is 0.479 e. The predicted molar refractivity (Wildman–Crippen MR) is 83.0 cm³/mol. The first-order valence-electron chi connectivity index (χ1n) is 6.52. The van der Waals surface area contributed by atoms with Gasteiger partial charge in [-0.25, -0.2) is 4.98 Å². The molecule has 0 amide bonds. The van der Waals surface area contributed by atoms with Crippen LogP contribution >= 0.6 is 11.6 Å². The highest BCUT2D eigenvalue weighted by Gasteiger charge is 2.31. The molecule has 0 aliphatic carbocycles. The lowest BCUT2D eigenvalue weighted by Crippen LogP contribution is -2.06. The molecule has 0 atom stereocenters. The number of hydrogen-bond acceptors (Lipinski definition) is 5. The van der Waals surface area contributed by atoms with E-state index in [1.54, 1.807) is 24.3 Å². The first-order chi connectivity index (χ1) is 11.4. The van der Waals surface area contributed by atoms with E-state index in [0.29, 0.717) is 17.5 Å². The van der Waals surface area contributed by atoms with Crippen LogP contribution in [0.15, 0.2) is 41.6 Å². The van der Waals surface area contributed by atoms with E-state index in [0.717, 1.165) is 6.07 Å². The molecule has 0 aliphatic rings. The number of pyridine rings is 1. The first kappa shape index (κ1) is 17.6. The quantitative estimate of drug-likeness (QED) is 0.648. The third kappa shape index (κ3) is 4.86. The van der Waals surface area contributed by atoms with Gasteiger partial charge in [0.15, 0.2) is 12.4 Å². The maximum absolute atomic E-state index is 12.5. The fourth-order valence-corrected chi connectivity index (χ4v) is 1.82. The van der Waals surface area contributed by atoms with Gasteiger partial charge in [0.1, 0.15) is 11.8 Å². The number of rotatable bonds is 5. The molecule has 0 unspecified atom stereocenters. The molecule has 0 saturated heterocycles. The highest BCUT2D eigenvalue weighted by atomic mass is 35.5. The number of hydrazone groups is 1. The summed E-state index contributed by atoms with van der Waals surface area (Å²) in [6.45, 7) is -0.0485. The minimum atomic E-state index is -4.51. The number of halogens is 4. The molecule has 1 aromatic heterocycles. The lowest BCUT2D eigenvalue weighted by Gasteiger charge is -2.08. The van der Waals surface area contributed by atoms with Crippen LogP contribution in [-0.2, 0) is 6.18 Å². The highest BCUT2D eigenvalue weighted by molar-refractivity contribution is 6.32. The van der Waals surface area contributed by atoms with Gasteiger partial charge in [-0.1, -0.05) is 11.6 Å². The molecule has 5 nitrogen and oxygen atoms in total.